The van der Waals surface area contributed by atoms with Gasteiger partial charge in [0.15, 0.2) is 0 Å². The van der Waals surface area contributed by atoms with Crippen LogP contribution < -0.4 is 10.0 Å². The second-order valence-corrected chi connectivity index (χ2v) is 9.35. The van der Waals surface area contributed by atoms with Crippen LogP contribution in [-0.2, 0) is 14.8 Å². The molecule has 1 aliphatic heterocycles. The fraction of sp³-hybridized carbons (Fsp3) is 0.429. The van der Waals surface area contributed by atoms with Crippen LogP contribution in [0.2, 0.25) is 0 Å². The Labute approximate surface area is 177 Å². The standard InChI is InChI=1S/C21H28N4O4S/c1-14-7-6-8-17(13-14)24-18(26)9-10-22-30(28,29)20-16(3)23-15(2)19(20)21(27)25-11-4-5-12-25/h6-8,13,22-23H,4-5,9-12H2,1-3H3,(H,24,26). The van der Waals surface area contributed by atoms with Crippen LogP contribution in [0.4, 0.5) is 5.69 Å². The lowest BCUT2D eigenvalue weighted by Crippen LogP contribution is -2.32. The van der Waals surface area contributed by atoms with Crippen molar-refractivity contribution in [1.82, 2.24) is 14.6 Å². The summed E-state index contributed by atoms with van der Waals surface area (Å²) in [6.45, 7) is 6.45. The summed E-state index contributed by atoms with van der Waals surface area (Å²) in [5, 5.41) is 2.75. The van der Waals surface area contributed by atoms with Gasteiger partial charge in [-0.3, -0.25) is 9.59 Å². The number of aromatic nitrogens is 1. The fourth-order valence-corrected chi connectivity index (χ4v) is 5.23. The molecule has 162 valence electrons. The number of carbonyl (C=O) groups excluding carboxylic acids is 2. The molecule has 2 heterocycles. The second-order valence-electron chi connectivity index (χ2n) is 7.64. The van der Waals surface area contributed by atoms with E-state index in [1.54, 1.807) is 24.8 Å². The van der Waals surface area contributed by atoms with E-state index in [1.165, 1.54) is 0 Å². The number of likely N-dealkylation sites (tertiary alicyclic amines) is 1. The van der Waals surface area contributed by atoms with Crippen molar-refractivity contribution in [3.63, 3.8) is 0 Å². The van der Waals surface area contributed by atoms with Crippen LogP contribution in [0.5, 0.6) is 0 Å². The Hall–Kier alpha value is -2.65. The third kappa shape index (κ3) is 4.91. The number of anilines is 1. The summed E-state index contributed by atoms with van der Waals surface area (Å²) in [4.78, 5) is 29.7. The van der Waals surface area contributed by atoms with E-state index in [9.17, 15) is 18.0 Å². The summed E-state index contributed by atoms with van der Waals surface area (Å²) in [7, 11) is -3.96. The van der Waals surface area contributed by atoms with Crippen molar-refractivity contribution >= 4 is 27.5 Å². The van der Waals surface area contributed by atoms with Crippen LogP contribution in [0.25, 0.3) is 0 Å². The topological polar surface area (TPSA) is 111 Å². The Morgan fingerprint density at radius 2 is 1.80 bits per heavy atom. The molecule has 2 aromatic rings. The third-order valence-electron chi connectivity index (χ3n) is 5.14. The summed E-state index contributed by atoms with van der Waals surface area (Å²) in [5.74, 6) is -0.564. The maximum absolute atomic E-state index is 13.0. The number of benzene rings is 1. The number of nitrogens with one attached hydrogen (secondary N) is 3. The quantitative estimate of drug-likeness (QED) is 0.624. The fourth-order valence-electron chi connectivity index (χ4n) is 3.75. The van der Waals surface area contributed by atoms with Crippen molar-refractivity contribution in [3.05, 3.63) is 46.8 Å². The first-order chi connectivity index (χ1) is 14.2. The van der Waals surface area contributed by atoms with Gasteiger partial charge in [0.05, 0.1) is 5.56 Å². The highest BCUT2D eigenvalue weighted by molar-refractivity contribution is 7.89. The summed E-state index contributed by atoms with van der Waals surface area (Å²) in [5.41, 5.74) is 2.81. The molecule has 0 atom stereocenters. The monoisotopic (exact) mass is 432 g/mol. The molecule has 0 spiro atoms. The van der Waals surface area contributed by atoms with Crippen molar-refractivity contribution < 1.29 is 18.0 Å². The number of sulfonamides is 1. The maximum atomic E-state index is 13.0. The van der Waals surface area contributed by atoms with Gasteiger partial charge in [0.2, 0.25) is 15.9 Å². The molecular formula is C21H28N4O4S. The molecular weight excluding hydrogens is 404 g/mol. The molecule has 2 amide bonds. The summed E-state index contributed by atoms with van der Waals surface area (Å²) < 4.78 is 28.4. The minimum Gasteiger partial charge on any atom is -0.361 e. The van der Waals surface area contributed by atoms with E-state index < -0.39 is 10.0 Å². The van der Waals surface area contributed by atoms with Gasteiger partial charge < -0.3 is 15.2 Å². The number of rotatable bonds is 7. The van der Waals surface area contributed by atoms with E-state index in [4.69, 9.17) is 0 Å². The van der Waals surface area contributed by atoms with E-state index in [0.29, 0.717) is 30.2 Å². The van der Waals surface area contributed by atoms with Gasteiger partial charge in [0.1, 0.15) is 4.90 Å². The average Bonchev–Trinajstić information content (AvgIpc) is 3.29. The molecule has 1 aromatic heterocycles. The zero-order chi connectivity index (χ0) is 21.9. The molecule has 0 aliphatic carbocycles. The van der Waals surface area contributed by atoms with Gasteiger partial charge in [-0.1, -0.05) is 12.1 Å². The van der Waals surface area contributed by atoms with E-state index in [2.05, 4.69) is 15.0 Å². The zero-order valence-electron chi connectivity index (χ0n) is 17.5. The Morgan fingerprint density at radius 3 is 2.47 bits per heavy atom. The van der Waals surface area contributed by atoms with Crippen molar-refractivity contribution in [2.75, 3.05) is 25.0 Å². The molecule has 1 aliphatic rings. The molecule has 8 nitrogen and oxygen atoms in total. The largest absolute Gasteiger partial charge is 0.361 e. The number of carbonyl (C=O) groups is 2. The molecule has 3 rings (SSSR count). The molecule has 0 unspecified atom stereocenters. The van der Waals surface area contributed by atoms with Crippen LogP contribution in [0.1, 0.15) is 46.6 Å². The van der Waals surface area contributed by atoms with Crippen molar-refractivity contribution in [2.45, 2.75) is 44.9 Å². The SMILES string of the molecule is Cc1cccc(NC(=O)CCNS(=O)(=O)c2c(C)[nH]c(C)c2C(=O)N2CCCC2)c1. The number of hydrogen-bond donors (Lipinski definition) is 3. The molecule has 1 saturated heterocycles. The Kier molecular flexibility index (Phi) is 6.62. The van der Waals surface area contributed by atoms with E-state index in [-0.39, 0.29) is 35.2 Å². The van der Waals surface area contributed by atoms with Gasteiger partial charge in [-0.05, 0) is 51.3 Å². The van der Waals surface area contributed by atoms with Crippen molar-refractivity contribution in [1.29, 1.82) is 0 Å². The smallest absolute Gasteiger partial charge is 0.257 e. The summed E-state index contributed by atoms with van der Waals surface area (Å²) >= 11 is 0. The number of nitrogens with zero attached hydrogens (tertiary/aromatic N) is 1. The van der Waals surface area contributed by atoms with Crippen molar-refractivity contribution in [2.24, 2.45) is 0 Å². The Morgan fingerprint density at radius 1 is 1.10 bits per heavy atom. The third-order valence-corrected chi connectivity index (χ3v) is 6.77. The molecule has 0 bridgehead atoms. The molecule has 0 radical (unpaired) electrons. The minimum absolute atomic E-state index is 0.0228. The van der Waals surface area contributed by atoms with E-state index in [1.807, 2.05) is 25.1 Å². The minimum atomic E-state index is -3.96. The van der Waals surface area contributed by atoms with Gasteiger partial charge in [-0.25, -0.2) is 13.1 Å². The molecule has 30 heavy (non-hydrogen) atoms. The molecule has 9 heteroatoms. The number of aryl methyl sites for hydroxylation is 3. The lowest BCUT2D eigenvalue weighted by Gasteiger charge is -2.17. The lowest BCUT2D eigenvalue weighted by molar-refractivity contribution is -0.116. The highest BCUT2D eigenvalue weighted by atomic mass is 32.2. The number of H-pyrrole nitrogens is 1. The number of hydrogen-bond acceptors (Lipinski definition) is 4. The van der Waals surface area contributed by atoms with E-state index in [0.717, 1.165) is 18.4 Å². The average molecular weight is 433 g/mol. The summed E-state index contributed by atoms with van der Waals surface area (Å²) in [6.07, 6.45) is 1.82. The van der Waals surface area contributed by atoms with Crippen molar-refractivity contribution in [3.8, 4) is 0 Å². The normalized spacial score (nSPS) is 14.2. The van der Waals surface area contributed by atoms with Gasteiger partial charge in [-0.15, -0.1) is 0 Å². The van der Waals surface area contributed by atoms with Crippen LogP contribution in [0, 0.1) is 20.8 Å². The van der Waals surface area contributed by atoms with Gasteiger partial charge >= 0.3 is 0 Å². The molecule has 1 fully saturated rings. The van der Waals surface area contributed by atoms with Gasteiger partial charge in [0.25, 0.3) is 5.91 Å². The second kappa shape index (κ2) is 9.01. The highest BCUT2D eigenvalue weighted by Gasteiger charge is 2.32. The Bertz CT molecular complexity index is 1050. The van der Waals surface area contributed by atoms with Gasteiger partial charge in [-0.2, -0.15) is 0 Å². The molecule has 0 saturated carbocycles. The maximum Gasteiger partial charge on any atom is 0.257 e. The summed E-state index contributed by atoms with van der Waals surface area (Å²) in [6, 6.07) is 7.37. The predicted molar refractivity (Wildman–Crippen MR) is 115 cm³/mol. The zero-order valence-corrected chi connectivity index (χ0v) is 18.4. The number of aromatic amines is 1. The Balaban J connectivity index is 1.68. The first-order valence-electron chi connectivity index (χ1n) is 10.0. The highest BCUT2D eigenvalue weighted by Crippen LogP contribution is 2.26. The van der Waals surface area contributed by atoms with Crippen LogP contribution in [-0.4, -0.2) is 49.8 Å². The van der Waals surface area contributed by atoms with E-state index >= 15 is 0 Å². The first kappa shape index (κ1) is 22.0. The van der Waals surface area contributed by atoms with Crippen LogP contribution >= 0.6 is 0 Å². The molecule has 3 N–H and O–H groups in total. The first-order valence-corrected chi connectivity index (χ1v) is 11.5. The van der Waals surface area contributed by atoms with Crippen LogP contribution in [0.15, 0.2) is 29.2 Å². The van der Waals surface area contributed by atoms with Gasteiger partial charge in [0, 0.05) is 43.1 Å². The molecule has 1 aromatic carbocycles. The van der Waals surface area contributed by atoms with Crippen LogP contribution in [0.3, 0.4) is 0 Å². The lowest BCUT2D eigenvalue weighted by atomic mass is 10.2. The predicted octanol–water partition coefficient (Wildman–Crippen LogP) is 2.48. The number of amides is 2.